The van der Waals surface area contributed by atoms with Crippen molar-refractivity contribution in [2.24, 2.45) is 5.73 Å². The van der Waals surface area contributed by atoms with Gasteiger partial charge in [-0.25, -0.2) is 0 Å². The molecule has 0 aromatic heterocycles. The Hall–Kier alpha value is -1.22. The molecule has 0 fully saturated rings. The van der Waals surface area contributed by atoms with Gasteiger partial charge < -0.3 is 15.2 Å². The summed E-state index contributed by atoms with van der Waals surface area (Å²) in [6.45, 7) is 3.61. The molecule has 2 N–H and O–H groups in total. The summed E-state index contributed by atoms with van der Waals surface area (Å²) >= 11 is 0. The number of unbranched alkanes of at least 4 members (excludes halogenated alkanes) is 2. The Morgan fingerprint density at radius 3 is 2.59 bits per heavy atom. The zero-order chi connectivity index (χ0) is 12.5. The summed E-state index contributed by atoms with van der Waals surface area (Å²) in [6, 6.07) is 6.10. The van der Waals surface area contributed by atoms with Crippen LogP contribution in [0.5, 0.6) is 11.5 Å². The fourth-order valence-corrected chi connectivity index (χ4v) is 1.66. The van der Waals surface area contributed by atoms with Crippen molar-refractivity contribution >= 4 is 0 Å². The van der Waals surface area contributed by atoms with Crippen LogP contribution in [0, 0.1) is 0 Å². The lowest BCUT2D eigenvalue weighted by atomic mass is 10.1. The standard InChI is InChI=1S/C14H23NO2/c1-3-12-7-8-13(14(11-12)16-2)17-10-6-4-5-9-15/h7-8,11H,3-6,9-10,15H2,1-2H3. The summed E-state index contributed by atoms with van der Waals surface area (Å²) < 4.78 is 11.0. The molecular weight excluding hydrogens is 214 g/mol. The minimum atomic E-state index is 0.724. The fraction of sp³-hybridized carbons (Fsp3) is 0.571. The van der Waals surface area contributed by atoms with E-state index in [1.54, 1.807) is 7.11 Å². The first-order valence-corrected chi connectivity index (χ1v) is 6.31. The van der Waals surface area contributed by atoms with Crippen LogP contribution in [0.2, 0.25) is 0 Å². The van der Waals surface area contributed by atoms with Crippen molar-refractivity contribution in [3.8, 4) is 11.5 Å². The Balaban J connectivity index is 2.46. The second-order valence-corrected chi connectivity index (χ2v) is 4.04. The van der Waals surface area contributed by atoms with Gasteiger partial charge in [0.25, 0.3) is 0 Å². The molecule has 1 rings (SSSR count). The second-order valence-electron chi connectivity index (χ2n) is 4.04. The van der Waals surface area contributed by atoms with Gasteiger partial charge in [-0.1, -0.05) is 13.0 Å². The summed E-state index contributed by atoms with van der Waals surface area (Å²) in [5.41, 5.74) is 6.70. The third-order valence-corrected chi connectivity index (χ3v) is 2.74. The zero-order valence-electron chi connectivity index (χ0n) is 10.9. The van der Waals surface area contributed by atoms with E-state index in [1.165, 1.54) is 5.56 Å². The molecule has 0 radical (unpaired) electrons. The summed E-state index contributed by atoms with van der Waals surface area (Å²) in [6.07, 6.45) is 4.23. The zero-order valence-corrected chi connectivity index (χ0v) is 10.9. The molecule has 0 bridgehead atoms. The van der Waals surface area contributed by atoms with Crippen LogP contribution in [0.15, 0.2) is 18.2 Å². The van der Waals surface area contributed by atoms with Crippen molar-refractivity contribution in [1.29, 1.82) is 0 Å². The maximum absolute atomic E-state index is 5.71. The molecule has 0 amide bonds. The topological polar surface area (TPSA) is 44.5 Å². The largest absolute Gasteiger partial charge is 0.493 e. The minimum Gasteiger partial charge on any atom is -0.493 e. The van der Waals surface area contributed by atoms with Gasteiger partial charge in [0, 0.05) is 0 Å². The van der Waals surface area contributed by atoms with Crippen LogP contribution in [0.3, 0.4) is 0 Å². The molecule has 0 unspecified atom stereocenters. The van der Waals surface area contributed by atoms with E-state index in [0.717, 1.165) is 50.3 Å². The van der Waals surface area contributed by atoms with Crippen LogP contribution in [0.4, 0.5) is 0 Å². The van der Waals surface area contributed by atoms with Crippen molar-refractivity contribution in [1.82, 2.24) is 0 Å². The summed E-state index contributed by atoms with van der Waals surface area (Å²) in [5, 5.41) is 0. The molecule has 1 aromatic rings. The van der Waals surface area contributed by atoms with E-state index in [4.69, 9.17) is 15.2 Å². The molecular formula is C14H23NO2. The highest BCUT2D eigenvalue weighted by Gasteiger charge is 2.04. The van der Waals surface area contributed by atoms with Gasteiger partial charge in [0.1, 0.15) is 0 Å². The first kappa shape index (κ1) is 13.8. The Kier molecular flexibility index (Phi) is 6.48. The first-order chi connectivity index (χ1) is 8.31. The lowest BCUT2D eigenvalue weighted by molar-refractivity contribution is 0.285. The summed E-state index contributed by atoms with van der Waals surface area (Å²) in [7, 11) is 1.68. The van der Waals surface area contributed by atoms with Gasteiger partial charge in [-0.15, -0.1) is 0 Å². The molecule has 0 atom stereocenters. The van der Waals surface area contributed by atoms with E-state index < -0.39 is 0 Å². The Bertz CT molecular complexity index is 326. The smallest absolute Gasteiger partial charge is 0.161 e. The highest BCUT2D eigenvalue weighted by atomic mass is 16.5. The van der Waals surface area contributed by atoms with E-state index in [1.807, 2.05) is 12.1 Å². The number of methoxy groups -OCH3 is 1. The molecule has 0 saturated carbocycles. The fourth-order valence-electron chi connectivity index (χ4n) is 1.66. The van der Waals surface area contributed by atoms with Gasteiger partial charge in [-0.2, -0.15) is 0 Å². The average molecular weight is 237 g/mol. The second kappa shape index (κ2) is 7.96. The Labute approximate surface area is 104 Å². The van der Waals surface area contributed by atoms with E-state index in [-0.39, 0.29) is 0 Å². The lowest BCUT2D eigenvalue weighted by Crippen LogP contribution is -2.02. The van der Waals surface area contributed by atoms with Crippen LogP contribution in [-0.2, 0) is 6.42 Å². The molecule has 3 heteroatoms. The molecule has 17 heavy (non-hydrogen) atoms. The normalized spacial score (nSPS) is 10.3. The SMILES string of the molecule is CCc1ccc(OCCCCCN)c(OC)c1. The van der Waals surface area contributed by atoms with E-state index in [0.29, 0.717) is 0 Å². The van der Waals surface area contributed by atoms with Crippen molar-refractivity contribution < 1.29 is 9.47 Å². The molecule has 0 heterocycles. The molecule has 3 nitrogen and oxygen atoms in total. The van der Waals surface area contributed by atoms with Crippen LogP contribution in [0.25, 0.3) is 0 Å². The third kappa shape index (κ3) is 4.65. The van der Waals surface area contributed by atoms with Gasteiger partial charge in [-0.3, -0.25) is 0 Å². The lowest BCUT2D eigenvalue weighted by Gasteiger charge is -2.11. The molecule has 96 valence electrons. The minimum absolute atomic E-state index is 0.724. The number of hydrogen-bond donors (Lipinski definition) is 1. The molecule has 0 aliphatic rings. The number of hydrogen-bond acceptors (Lipinski definition) is 3. The first-order valence-electron chi connectivity index (χ1n) is 6.31. The molecule has 1 aromatic carbocycles. The third-order valence-electron chi connectivity index (χ3n) is 2.74. The van der Waals surface area contributed by atoms with Crippen molar-refractivity contribution in [3.05, 3.63) is 23.8 Å². The van der Waals surface area contributed by atoms with Crippen LogP contribution < -0.4 is 15.2 Å². The van der Waals surface area contributed by atoms with Gasteiger partial charge in [0.05, 0.1) is 13.7 Å². The maximum Gasteiger partial charge on any atom is 0.161 e. The van der Waals surface area contributed by atoms with Crippen molar-refractivity contribution in [3.63, 3.8) is 0 Å². The van der Waals surface area contributed by atoms with Gasteiger partial charge in [0.15, 0.2) is 11.5 Å². The van der Waals surface area contributed by atoms with Crippen LogP contribution in [0.1, 0.15) is 31.7 Å². The van der Waals surface area contributed by atoms with Gasteiger partial charge >= 0.3 is 0 Å². The highest BCUT2D eigenvalue weighted by molar-refractivity contribution is 5.42. The number of nitrogens with two attached hydrogens (primary N) is 1. The van der Waals surface area contributed by atoms with Crippen molar-refractivity contribution in [2.75, 3.05) is 20.3 Å². The number of aryl methyl sites for hydroxylation is 1. The van der Waals surface area contributed by atoms with Gasteiger partial charge in [0.2, 0.25) is 0 Å². The summed E-state index contributed by atoms with van der Waals surface area (Å²) in [5.74, 6) is 1.65. The molecule has 0 saturated heterocycles. The quantitative estimate of drug-likeness (QED) is 0.707. The molecule has 0 spiro atoms. The van der Waals surface area contributed by atoms with Crippen LogP contribution in [-0.4, -0.2) is 20.3 Å². The monoisotopic (exact) mass is 237 g/mol. The summed E-state index contributed by atoms with van der Waals surface area (Å²) in [4.78, 5) is 0. The van der Waals surface area contributed by atoms with E-state index in [9.17, 15) is 0 Å². The Morgan fingerprint density at radius 1 is 1.12 bits per heavy atom. The van der Waals surface area contributed by atoms with E-state index >= 15 is 0 Å². The van der Waals surface area contributed by atoms with Gasteiger partial charge in [-0.05, 0) is 49.9 Å². The van der Waals surface area contributed by atoms with Crippen molar-refractivity contribution in [2.45, 2.75) is 32.6 Å². The van der Waals surface area contributed by atoms with E-state index in [2.05, 4.69) is 13.0 Å². The highest BCUT2D eigenvalue weighted by Crippen LogP contribution is 2.28. The van der Waals surface area contributed by atoms with Crippen LogP contribution >= 0.6 is 0 Å². The predicted octanol–water partition coefficient (Wildman–Crippen LogP) is 2.77. The maximum atomic E-state index is 5.71. The number of ether oxygens (including phenoxy) is 2. The molecule has 0 aliphatic heterocycles. The average Bonchev–Trinajstić information content (AvgIpc) is 2.38. The number of rotatable bonds is 8. The molecule has 0 aliphatic carbocycles. The number of benzene rings is 1. The Morgan fingerprint density at radius 2 is 1.94 bits per heavy atom. The predicted molar refractivity (Wildman–Crippen MR) is 70.8 cm³/mol.